The zero-order valence-electron chi connectivity index (χ0n) is 22.8. The summed E-state index contributed by atoms with van der Waals surface area (Å²) in [6.45, 7) is 0. The van der Waals surface area contributed by atoms with Crippen LogP contribution in [-0.2, 0) is 20.6 Å². The van der Waals surface area contributed by atoms with Gasteiger partial charge in [-0.05, 0) is 67.9 Å². The molecule has 0 bridgehead atoms. The predicted octanol–water partition coefficient (Wildman–Crippen LogP) is 5.17. The molecule has 12 heteroatoms. The third-order valence-electron chi connectivity index (χ3n) is 8.75. The van der Waals surface area contributed by atoms with Crippen molar-refractivity contribution in [2.24, 2.45) is 0 Å². The Morgan fingerprint density at radius 2 is 1.64 bits per heavy atom. The summed E-state index contributed by atoms with van der Waals surface area (Å²) in [7, 11) is 1.50. The summed E-state index contributed by atoms with van der Waals surface area (Å²) < 4.78 is 60.4. The number of benzene rings is 2. The van der Waals surface area contributed by atoms with E-state index >= 15 is 0 Å². The van der Waals surface area contributed by atoms with Gasteiger partial charge in [-0.2, -0.15) is 5.26 Å². The SMILES string of the molecule is COc1cc(-c2ccc3cc(C(=O)NC4(C(=O)NC5(C#N)CC5)CCC(F)(F)CC4)oc3c2)ccc1C1(S(=O)O)CC1. The summed E-state index contributed by atoms with van der Waals surface area (Å²) in [5.41, 5.74) is -0.0192. The standard InChI is InChI=1S/C30H29F2N3O6S/c1-40-23-15-19(4-5-21(23)29(10-11-29)42(38)39)18-2-3-20-16-24(41-22(20)14-18)25(36)34-28(8-12-30(31,32)13-9-28)26(37)35-27(17-33)6-7-27/h2-5,14-16H,6-13H2,1H3,(H,34,36)(H,35,37)(H,38,39). The van der Waals surface area contributed by atoms with Crippen LogP contribution in [0.15, 0.2) is 46.9 Å². The van der Waals surface area contributed by atoms with Crippen LogP contribution in [0.1, 0.15) is 67.5 Å². The number of alkyl halides is 2. The average Bonchev–Trinajstić information content (AvgIpc) is 3.90. The van der Waals surface area contributed by atoms with Crippen molar-refractivity contribution in [2.45, 2.75) is 73.1 Å². The van der Waals surface area contributed by atoms with E-state index in [1.165, 1.54) is 13.2 Å². The highest BCUT2D eigenvalue weighted by molar-refractivity contribution is 7.80. The first-order valence-electron chi connectivity index (χ1n) is 13.7. The molecule has 3 fully saturated rings. The van der Waals surface area contributed by atoms with Crippen LogP contribution in [0.5, 0.6) is 5.75 Å². The Hall–Kier alpha value is -3.82. The lowest BCUT2D eigenvalue weighted by molar-refractivity contribution is -0.133. The van der Waals surface area contributed by atoms with E-state index in [4.69, 9.17) is 9.15 Å². The molecule has 2 amide bonds. The van der Waals surface area contributed by atoms with Gasteiger partial charge >= 0.3 is 0 Å². The fraction of sp³-hybridized carbons (Fsp3) is 0.433. The van der Waals surface area contributed by atoms with Crippen LogP contribution in [0.3, 0.4) is 0 Å². The number of carbonyl (C=O) groups excluding carboxylic acids is 2. The van der Waals surface area contributed by atoms with Crippen molar-refractivity contribution in [3.63, 3.8) is 0 Å². The predicted molar refractivity (Wildman–Crippen MR) is 149 cm³/mol. The fourth-order valence-electron chi connectivity index (χ4n) is 5.68. The molecule has 2 aromatic carbocycles. The van der Waals surface area contributed by atoms with E-state index in [2.05, 4.69) is 16.7 Å². The number of amides is 2. The van der Waals surface area contributed by atoms with Crippen molar-refractivity contribution in [3.8, 4) is 22.9 Å². The zero-order chi connectivity index (χ0) is 29.9. The summed E-state index contributed by atoms with van der Waals surface area (Å²) in [4.78, 5) is 26.6. The van der Waals surface area contributed by atoms with E-state index in [0.717, 1.165) is 11.1 Å². The molecule has 3 N–H and O–H groups in total. The molecular formula is C30H29F2N3O6S. The van der Waals surface area contributed by atoms with Crippen LogP contribution < -0.4 is 15.4 Å². The number of fused-ring (bicyclic) bond motifs is 1. The van der Waals surface area contributed by atoms with Gasteiger partial charge in [0, 0.05) is 23.8 Å². The molecule has 3 aromatic rings. The molecule has 42 heavy (non-hydrogen) atoms. The summed E-state index contributed by atoms with van der Waals surface area (Å²) in [5, 5.41) is 15.4. The molecule has 6 rings (SSSR count). The lowest BCUT2D eigenvalue weighted by Gasteiger charge is -2.39. The molecule has 9 nitrogen and oxygen atoms in total. The van der Waals surface area contributed by atoms with Crippen molar-refractivity contribution < 1.29 is 36.3 Å². The minimum atomic E-state index is -2.94. The number of nitrogens with one attached hydrogen (secondary N) is 2. The zero-order valence-corrected chi connectivity index (χ0v) is 23.6. The molecule has 0 spiro atoms. The first-order chi connectivity index (χ1) is 19.9. The van der Waals surface area contributed by atoms with Gasteiger partial charge in [-0.25, -0.2) is 13.0 Å². The first-order valence-corrected chi connectivity index (χ1v) is 14.8. The number of rotatable bonds is 8. The molecule has 0 aliphatic heterocycles. The van der Waals surface area contributed by atoms with Crippen LogP contribution in [0.4, 0.5) is 8.78 Å². The topological polar surface area (TPSA) is 142 Å². The number of ether oxygens (including phenoxy) is 1. The van der Waals surface area contributed by atoms with Gasteiger partial charge in [-0.15, -0.1) is 0 Å². The Bertz CT molecular complexity index is 1660. The molecule has 1 heterocycles. The van der Waals surface area contributed by atoms with Gasteiger partial charge in [0.05, 0.1) is 13.2 Å². The quantitative estimate of drug-likeness (QED) is 0.304. The highest BCUT2D eigenvalue weighted by Gasteiger charge is 2.54. The van der Waals surface area contributed by atoms with E-state index in [1.807, 2.05) is 12.1 Å². The van der Waals surface area contributed by atoms with Crippen molar-refractivity contribution >= 4 is 33.9 Å². The van der Waals surface area contributed by atoms with Crippen LogP contribution in [0.2, 0.25) is 0 Å². The number of nitriles is 1. The molecule has 1 atom stereocenters. The average molecular weight is 598 g/mol. The Morgan fingerprint density at radius 1 is 0.976 bits per heavy atom. The normalized spacial score (nSPS) is 21.5. The molecular weight excluding hydrogens is 568 g/mol. The van der Waals surface area contributed by atoms with E-state index in [-0.39, 0.29) is 18.6 Å². The molecule has 1 unspecified atom stereocenters. The lowest BCUT2D eigenvalue weighted by atomic mass is 9.78. The van der Waals surface area contributed by atoms with Crippen molar-refractivity contribution in [3.05, 3.63) is 53.8 Å². The van der Waals surface area contributed by atoms with Crippen molar-refractivity contribution in [1.82, 2.24) is 10.6 Å². The largest absolute Gasteiger partial charge is 0.496 e. The maximum absolute atomic E-state index is 14.0. The number of furan rings is 1. The second-order valence-electron chi connectivity index (χ2n) is 11.6. The van der Waals surface area contributed by atoms with Gasteiger partial charge in [-0.1, -0.05) is 24.3 Å². The number of halogens is 2. The molecule has 220 valence electrons. The summed E-state index contributed by atoms with van der Waals surface area (Å²) in [6, 6.07) is 14.3. The minimum Gasteiger partial charge on any atom is -0.496 e. The molecule has 3 saturated carbocycles. The maximum Gasteiger partial charge on any atom is 0.287 e. The number of hydrogen-bond donors (Lipinski definition) is 3. The minimum absolute atomic E-state index is 0.0814. The van der Waals surface area contributed by atoms with Crippen LogP contribution in [0.25, 0.3) is 22.1 Å². The Kier molecular flexibility index (Phi) is 6.66. The number of methoxy groups -OCH3 is 1. The van der Waals surface area contributed by atoms with Gasteiger partial charge < -0.3 is 24.3 Å². The van der Waals surface area contributed by atoms with E-state index in [1.54, 1.807) is 24.3 Å². The number of carbonyl (C=O) groups is 2. The van der Waals surface area contributed by atoms with Crippen LogP contribution in [-0.4, -0.2) is 44.7 Å². The Morgan fingerprint density at radius 3 is 2.24 bits per heavy atom. The Balaban J connectivity index is 1.26. The van der Waals surface area contributed by atoms with Crippen LogP contribution in [0, 0.1) is 11.3 Å². The summed E-state index contributed by atoms with van der Waals surface area (Å²) in [6.07, 6.45) is 0.455. The maximum atomic E-state index is 14.0. The van der Waals surface area contributed by atoms with Crippen LogP contribution >= 0.6 is 0 Å². The van der Waals surface area contributed by atoms with E-state index < -0.39 is 57.5 Å². The van der Waals surface area contributed by atoms with Gasteiger partial charge in [0.1, 0.15) is 27.2 Å². The third-order valence-corrected chi connectivity index (χ3v) is 10.0. The molecule has 3 aliphatic rings. The van der Waals surface area contributed by atoms with Crippen molar-refractivity contribution in [1.29, 1.82) is 5.26 Å². The van der Waals surface area contributed by atoms with E-state index in [9.17, 15) is 32.4 Å². The second kappa shape index (κ2) is 9.88. The summed E-state index contributed by atoms with van der Waals surface area (Å²) >= 11 is -2.02. The number of nitrogens with zero attached hydrogens (tertiary/aromatic N) is 1. The first kappa shape index (κ1) is 28.3. The monoisotopic (exact) mass is 597 g/mol. The molecule has 0 radical (unpaired) electrons. The molecule has 1 aromatic heterocycles. The van der Waals surface area contributed by atoms with Gasteiger partial charge in [-0.3, -0.25) is 9.59 Å². The van der Waals surface area contributed by atoms with Gasteiger partial charge in [0.15, 0.2) is 16.8 Å². The number of hydrogen-bond acceptors (Lipinski definition) is 6. The highest BCUT2D eigenvalue weighted by atomic mass is 32.2. The smallest absolute Gasteiger partial charge is 0.287 e. The van der Waals surface area contributed by atoms with E-state index in [0.29, 0.717) is 48.0 Å². The lowest BCUT2D eigenvalue weighted by Crippen LogP contribution is -2.62. The third kappa shape index (κ3) is 4.94. The van der Waals surface area contributed by atoms with Gasteiger partial charge in [0.25, 0.3) is 5.91 Å². The van der Waals surface area contributed by atoms with Gasteiger partial charge in [0.2, 0.25) is 11.8 Å². The molecule has 3 aliphatic carbocycles. The highest BCUT2D eigenvalue weighted by Crippen LogP contribution is 2.54. The Labute approximate surface area is 242 Å². The fourth-order valence-corrected chi connectivity index (χ4v) is 6.49. The van der Waals surface area contributed by atoms with Crippen molar-refractivity contribution in [2.75, 3.05) is 7.11 Å². The molecule has 0 saturated heterocycles. The second-order valence-corrected chi connectivity index (χ2v) is 12.8. The summed E-state index contributed by atoms with van der Waals surface area (Å²) in [5.74, 6) is -3.88.